The molecule has 2 aliphatic rings. The fraction of sp³-hybridized carbons (Fsp3) is 0.409. The second-order valence-electron chi connectivity index (χ2n) is 7.86. The molecule has 2 saturated heterocycles. The average Bonchev–Trinajstić information content (AvgIpc) is 3.30. The molecular formula is C22H23Cl2N5O4. The molecule has 1 unspecified atom stereocenters. The summed E-state index contributed by atoms with van der Waals surface area (Å²) in [6, 6.07) is 3.82. The summed E-state index contributed by atoms with van der Waals surface area (Å²) < 4.78 is 21.6. The van der Waals surface area contributed by atoms with Crippen LogP contribution in [0, 0.1) is 0 Å². The van der Waals surface area contributed by atoms with Crippen LogP contribution in [0.4, 0.5) is 11.8 Å². The summed E-state index contributed by atoms with van der Waals surface area (Å²) in [6.45, 7) is 2.56. The molecule has 9 nitrogen and oxygen atoms in total. The van der Waals surface area contributed by atoms with Gasteiger partial charge in [-0.05, 0) is 12.5 Å². The van der Waals surface area contributed by atoms with Crippen molar-refractivity contribution in [1.82, 2.24) is 15.0 Å². The third-order valence-electron chi connectivity index (χ3n) is 5.64. The normalized spacial score (nSPS) is 18.2. The number of halogens is 2. The van der Waals surface area contributed by atoms with E-state index in [0.29, 0.717) is 69.9 Å². The number of pyridine rings is 1. The molecule has 0 aliphatic carbocycles. The highest BCUT2D eigenvalue weighted by atomic mass is 35.5. The molecule has 2 aliphatic heterocycles. The van der Waals surface area contributed by atoms with Crippen LogP contribution >= 0.6 is 23.2 Å². The summed E-state index contributed by atoms with van der Waals surface area (Å²) in [6.07, 6.45) is 2.67. The van der Waals surface area contributed by atoms with Gasteiger partial charge in [0, 0.05) is 29.8 Å². The van der Waals surface area contributed by atoms with Crippen molar-refractivity contribution in [3.8, 4) is 22.8 Å². The maximum atomic E-state index is 6.65. The van der Waals surface area contributed by atoms with Gasteiger partial charge in [0.15, 0.2) is 5.82 Å². The lowest BCUT2D eigenvalue weighted by molar-refractivity contribution is 0.0210. The first-order chi connectivity index (χ1) is 16.1. The number of fused-ring (bicyclic) bond motifs is 1. The molecule has 2 fully saturated rings. The van der Waals surface area contributed by atoms with Crippen LogP contribution in [0.25, 0.3) is 22.2 Å². The Morgan fingerprint density at radius 1 is 0.939 bits per heavy atom. The molecule has 0 spiro atoms. The number of hydrogen-bond acceptors (Lipinski definition) is 9. The van der Waals surface area contributed by atoms with Crippen LogP contribution < -0.4 is 20.1 Å². The van der Waals surface area contributed by atoms with Gasteiger partial charge in [-0.15, -0.1) is 0 Å². The summed E-state index contributed by atoms with van der Waals surface area (Å²) in [5.41, 5.74) is 1.74. The minimum atomic E-state index is 0.136. The highest BCUT2D eigenvalue weighted by Crippen LogP contribution is 2.46. The lowest BCUT2D eigenvalue weighted by atomic mass is 10.1. The van der Waals surface area contributed by atoms with Crippen LogP contribution in [-0.4, -0.2) is 67.7 Å². The van der Waals surface area contributed by atoms with Gasteiger partial charge in [0.1, 0.15) is 17.0 Å². The molecule has 174 valence electrons. The van der Waals surface area contributed by atoms with Crippen LogP contribution in [0.2, 0.25) is 10.0 Å². The summed E-state index contributed by atoms with van der Waals surface area (Å²) in [7, 11) is 3.07. The van der Waals surface area contributed by atoms with Gasteiger partial charge < -0.3 is 29.6 Å². The van der Waals surface area contributed by atoms with E-state index in [1.54, 1.807) is 12.3 Å². The predicted molar refractivity (Wildman–Crippen MR) is 127 cm³/mol. The number of aromatic nitrogens is 3. The van der Waals surface area contributed by atoms with Gasteiger partial charge >= 0.3 is 0 Å². The third kappa shape index (κ3) is 4.33. The number of hydrogen-bond donors (Lipinski definition) is 2. The van der Waals surface area contributed by atoms with Gasteiger partial charge in [0.2, 0.25) is 5.95 Å². The van der Waals surface area contributed by atoms with Crippen molar-refractivity contribution < 1.29 is 18.9 Å². The number of rotatable bonds is 7. The molecule has 0 radical (unpaired) electrons. The molecule has 11 heteroatoms. The van der Waals surface area contributed by atoms with Crippen molar-refractivity contribution in [2.24, 2.45) is 0 Å². The molecule has 3 aromatic rings. The number of benzene rings is 1. The first-order valence-electron chi connectivity index (χ1n) is 10.5. The Morgan fingerprint density at radius 3 is 2.27 bits per heavy atom. The van der Waals surface area contributed by atoms with E-state index in [-0.39, 0.29) is 12.1 Å². The van der Waals surface area contributed by atoms with E-state index in [1.165, 1.54) is 14.2 Å². The zero-order valence-corrected chi connectivity index (χ0v) is 19.7. The monoisotopic (exact) mass is 491 g/mol. The van der Waals surface area contributed by atoms with E-state index in [9.17, 15) is 0 Å². The second-order valence-corrected chi connectivity index (χ2v) is 8.61. The minimum absolute atomic E-state index is 0.136. The first kappa shape index (κ1) is 22.2. The molecular weight excluding hydrogens is 469 g/mol. The highest BCUT2D eigenvalue weighted by molar-refractivity contribution is 6.41. The topological polar surface area (TPSA) is 99.7 Å². The largest absolute Gasteiger partial charge is 0.495 e. The number of nitrogens with one attached hydrogen (secondary N) is 2. The fourth-order valence-electron chi connectivity index (χ4n) is 3.79. The number of methoxy groups -OCH3 is 2. The number of anilines is 2. The molecule has 33 heavy (non-hydrogen) atoms. The van der Waals surface area contributed by atoms with E-state index < -0.39 is 0 Å². The van der Waals surface area contributed by atoms with Crippen molar-refractivity contribution >= 4 is 45.9 Å². The maximum absolute atomic E-state index is 6.65. The smallest absolute Gasteiger partial charge is 0.223 e. The van der Waals surface area contributed by atoms with Gasteiger partial charge in [0.25, 0.3) is 0 Å². The van der Waals surface area contributed by atoms with Crippen LogP contribution in [0.15, 0.2) is 18.3 Å². The van der Waals surface area contributed by atoms with E-state index >= 15 is 0 Å². The Hall–Kier alpha value is -2.59. The molecule has 5 rings (SSSR count). The summed E-state index contributed by atoms with van der Waals surface area (Å²) >= 11 is 13.3. The van der Waals surface area contributed by atoms with Crippen molar-refractivity contribution in [3.05, 3.63) is 28.4 Å². The van der Waals surface area contributed by atoms with Gasteiger partial charge in [-0.1, -0.05) is 23.2 Å². The zero-order chi connectivity index (χ0) is 22.9. The van der Waals surface area contributed by atoms with Crippen molar-refractivity contribution in [2.75, 3.05) is 51.3 Å². The Labute approximate surface area is 200 Å². The first-order valence-corrected chi connectivity index (χ1v) is 11.3. The fourth-order valence-corrected chi connectivity index (χ4v) is 4.49. The molecule has 1 atom stereocenters. The molecule has 1 aromatic carbocycles. The molecule has 4 heterocycles. The van der Waals surface area contributed by atoms with E-state index in [4.69, 9.17) is 52.1 Å². The van der Waals surface area contributed by atoms with Crippen LogP contribution in [0.3, 0.4) is 0 Å². The van der Waals surface area contributed by atoms with Crippen LogP contribution in [0.1, 0.15) is 6.42 Å². The molecule has 2 aromatic heterocycles. The SMILES string of the molecule is COc1cc(OC)c(Cl)c(-c2cc3cnc(NC4CCOC4)nc3c(NC3COC3)n2)c1Cl. The average molecular weight is 492 g/mol. The Morgan fingerprint density at radius 2 is 1.67 bits per heavy atom. The predicted octanol–water partition coefficient (Wildman–Crippen LogP) is 4.03. The quantitative estimate of drug-likeness (QED) is 0.507. The molecule has 0 bridgehead atoms. The highest BCUT2D eigenvalue weighted by Gasteiger charge is 2.24. The summed E-state index contributed by atoms with van der Waals surface area (Å²) in [5, 5.41) is 8.22. The second kappa shape index (κ2) is 9.34. The van der Waals surface area contributed by atoms with Crippen molar-refractivity contribution in [3.63, 3.8) is 0 Å². The van der Waals surface area contributed by atoms with Crippen LogP contribution in [-0.2, 0) is 9.47 Å². The third-order valence-corrected chi connectivity index (χ3v) is 6.39. The van der Waals surface area contributed by atoms with E-state index in [1.807, 2.05) is 6.07 Å². The van der Waals surface area contributed by atoms with Crippen molar-refractivity contribution in [1.29, 1.82) is 0 Å². The van der Waals surface area contributed by atoms with Gasteiger partial charge in [0.05, 0.1) is 61.9 Å². The summed E-state index contributed by atoms with van der Waals surface area (Å²) in [4.78, 5) is 14.1. The van der Waals surface area contributed by atoms with E-state index in [2.05, 4.69) is 15.6 Å². The maximum Gasteiger partial charge on any atom is 0.223 e. The van der Waals surface area contributed by atoms with Gasteiger partial charge in [-0.3, -0.25) is 0 Å². The van der Waals surface area contributed by atoms with Gasteiger partial charge in [-0.25, -0.2) is 15.0 Å². The van der Waals surface area contributed by atoms with Gasteiger partial charge in [-0.2, -0.15) is 0 Å². The minimum Gasteiger partial charge on any atom is -0.495 e. The lowest BCUT2D eigenvalue weighted by Gasteiger charge is -2.28. The number of nitrogens with zero attached hydrogens (tertiary/aromatic N) is 3. The number of ether oxygens (including phenoxy) is 4. The Bertz CT molecular complexity index is 1160. The lowest BCUT2D eigenvalue weighted by Crippen LogP contribution is -2.40. The zero-order valence-electron chi connectivity index (χ0n) is 18.2. The molecule has 0 saturated carbocycles. The van der Waals surface area contributed by atoms with E-state index in [0.717, 1.165) is 18.4 Å². The van der Waals surface area contributed by atoms with Crippen LogP contribution in [0.5, 0.6) is 11.5 Å². The molecule has 2 N–H and O–H groups in total. The Kier molecular flexibility index (Phi) is 6.29. The summed E-state index contributed by atoms with van der Waals surface area (Å²) in [5.74, 6) is 2.00. The Balaban J connectivity index is 1.63. The standard InChI is InChI=1S/C22H23Cl2N5O4/c1-30-15-6-16(31-2)19(24)17(18(15)23)14-5-11-7-25-22(27-12-3-4-32-8-12)29-20(11)21(28-14)26-13-9-33-10-13/h5-7,12-13H,3-4,8-10H2,1-2H3,(H,26,28)(H,25,27,29). The van der Waals surface area contributed by atoms with Crippen molar-refractivity contribution in [2.45, 2.75) is 18.5 Å². The molecule has 0 amide bonds.